The number of ether oxygens (including phenoxy) is 6. The molecule has 1 aromatic carbocycles. The molecule has 0 saturated carbocycles. The SMILES string of the molecule is CC(=O)NC1C(OC(=O)CCOc2ccc(Cl)cc2Cl)OC(COC(C)=O)C(OC(C)=O)C1OC(C)=O. The van der Waals surface area contributed by atoms with E-state index in [2.05, 4.69) is 5.32 Å². The van der Waals surface area contributed by atoms with E-state index in [0.29, 0.717) is 10.8 Å². The number of halogens is 2. The number of carbonyl (C=O) groups is 5. The minimum Gasteiger partial charge on any atom is -0.491 e. The van der Waals surface area contributed by atoms with Crippen LogP contribution in [0.25, 0.3) is 0 Å². The Morgan fingerprint density at radius 2 is 1.57 bits per heavy atom. The molecule has 1 aromatic rings. The minimum atomic E-state index is -1.51. The van der Waals surface area contributed by atoms with Gasteiger partial charge in [0.05, 0.1) is 18.1 Å². The lowest BCUT2D eigenvalue weighted by Gasteiger charge is -2.44. The molecule has 1 N–H and O–H groups in total. The van der Waals surface area contributed by atoms with E-state index < -0.39 is 67.0 Å². The number of esters is 4. The van der Waals surface area contributed by atoms with Gasteiger partial charge in [0.2, 0.25) is 12.2 Å². The molecule has 0 radical (unpaired) electrons. The first kappa shape index (κ1) is 30.1. The average molecular weight is 564 g/mol. The Kier molecular flexibility index (Phi) is 11.4. The molecule has 1 aliphatic rings. The number of rotatable bonds is 10. The van der Waals surface area contributed by atoms with Crippen molar-refractivity contribution >= 4 is 53.0 Å². The van der Waals surface area contributed by atoms with Gasteiger partial charge in [0, 0.05) is 32.7 Å². The summed E-state index contributed by atoms with van der Waals surface area (Å²) >= 11 is 11.9. The first-order chi connectivity index (χ1) is 17.4. The monoisotopic (exact) mass is 563 g/mol. The van der Waals surface area contributed by atoms with Crippen molar-refractivity contribution in [2.75, 3.05) is 13.2 Å². The van der Waals surface area contributed by atoms with Gasteiger partial charge < -0.3 is 33.7 Å². The molecule has 1 saturated heterocycles. The Balaban J connectivity index is 2.22. The predicted octanol–water partition coefficient (Wildman–Crippen LogP) is 1.96. The molecule has 1 heterocycles. The van der Waals surface area contributed by atoms with Crippen LogP contribution in [-0.2, 0) is 47.7 Å². The molecule has 37 heavy (non-hydrogen) atoms. The van der Waals surface area contributed by atoms with E-state index in [9.17, 15) is 24.0 Å². The zero-order valence-corrected chi connectivity index (χ0v) is 22.0. The quantitative estimate of drug-likeness (QED) is 0.328. The van der Waals surface area contributed by atoms with Crippen molar-refractivity contribution in [3.8, 4) is 5.75 Å². The van der Waals surface area contributed by atoms with Gasteiger partial charge in [0.25, 0.3) is 0 Å². The Morgan fingerprint density at radius 3 is 2.14 bits per heavy atom. The summed E-state index contributed by atoms with van der Waals surface area (Å²) in [6.07, 6.45) is -5.62. The molecule has 0 aromatic heterocycles. The number of hydrogen-bond donors (Lipinski definition) is 1. The van der Waals surface area contributed by atoms with E-state index in [4.69, 9.17) is 51.6 Å². The van der Waals surface area contributed by atoms with Crippen molar-refractivity contribution in [3.05, 3.63) is 28.2 Å². The molecule has 5 unspecified atom stereocenters. The third-order valence-corrected chi connectivity index (χ3v) is 5.31. The smallest absolute Gasteiger partial charge is 0.311 e. The topological polar surface area (TPSA) is 153 Å². The van der Waals surface area contributed by atoms with Crippen LogP contribution in [-0.4, -0.2) is 73.6 Å². The zero-order valence-electron chi connectivity index (χ0n) is 20.5. The van der Waals surface area contributed by atoms with Gasteiger partial charge in [-0.1, -0.05) is 23.2 Å². The molecule has 1 amide bonds. The van der Waals surface area contributed by atoms with E-state index >= 15 is 0 Å². The van der Waals surface area contributed by atoms with E-state index in [0.717, 1.165) is 20.8 Å². The fourth-order valence-electron chi connectivity index (χ4n) is 3.42. The summed E-state index contributed by atoms with van der Waals surface area (Å²) in [7, 11) is 0. The van der Waals surface area contributed by atoms with Gasteiger partial charge in [-0.25, -0.2) is 0 Å². The second kappa shape index (κ2) is 14.0. The van der Waals surface area contributed by atoms with Crippen LogP contribution < -0.4 is 10.1 Å². The molecule has 14 heteroatoms. The van der Waals surface area contributed by atoms with Crippen molar-refractivity contribution < 1.29 is 52.4 Å². The maximum absolute atomic E-state index is 12.6. The van der Waals surface area contributed by atoms with Crippen LogP contribution in [0.1, 0.15) is 34.1 Å². The Hall–Kier alpha value is -3.09. The largest absolute Gasteiger partial charge is 0.491 e. The zero-order chi connectivity index (χ0) is 27.7. The molecule has 12 nitrogen and oxygen atoms in total. The lowest BCUT2D eigenvalue weighted by atomic mass is 9.96. The van der Waals surface area contributed by atoms with Crippen molar-refractivity contribution in [2.45, 2.75) is 64.8 Å². The predicted molar refractivity (Wildman–Crippen MR) is 127 cm³/mol. The fraction of sp³-hybridized carbons (Fsp3) is 0.522. The summed E-state index contributed by atoms with van der Waals surface area (Å²) in [5.74, 6) is -3.27. The highest BCUT2D eigenvalue weighted by Crippen LogP contribution is 2.29. The van der Waals surface area contributed by atoms with E-state index in [1.807, 2.05) is 0 Å². The maximum Gasteiger partial charge on any atom is 0.311 e. The van der Waals surface area contributed by atoms with Gasteiger partial charge in [-0.05, 0) is 18.2 Å². The summed E-state index contributed by atoms with van der Waals surface area (Å²) in [6, 6.07) is 3.30. The summed E-state index contributed by atoms with van der Waals surface area (Å²) < 4.78 is 32.3. The lowest BCUT2D eigenvalue weighted by molar-refractivity contribution is -0.271. The lowest BCUT2D eigenvalue weighted by Crippen LogP contribution is -2.66. The molecule has 0 aliphatic carbocycles. The Bertz CT molecular complexity index is 1020. The van der Waals surface area contributed by atoms with Crippen molar-refractivity contribution in [2.24, 2.45) is 0 Å². The number of carbonyl (C=O) groups excluding carboxylic acids is 5. The van der Waals surface area contributed by atoms with Gasteiger partial charge >= 0.3 is 23.9 Å². The van der Waals surface area contributed by atoms with Crippen LogP contribution in [0.4, 0.5) is 0 Å². The highest BCUT2D eigenvalue weighted by molar-refractivity contribution is 6.35. The van der Waals surface area contributed by atoms with Gasteiger partial charge in [0.15, 0.2) is 12.2 Å². The molecule has 5 atom stereocenters. The highest BCUT2D eigenvalue weighted by atomic mass is 35.5. The maximum atomic E-state index is 12.6. The average Bonchev–Trinajstić information content (AvgIpc) is 2.77. The van der Waals surface area contributed by atoms with Crippen LogP contribution in [0.15, 0.2) is 18.2 Å². The molecular formula is C23H27Cl2NO11. The number of benzene rings is 1. The molecule has 204 valence electrons. The van der Waals surface area contributed by atoms with Crippen molar-refractivity contribution in [1.29, 1.82) is 0 Å². The molecule has 0 spiro atoms. The summed E-state index contributed by atoms with van der Waals surface area (Å²) in [4.78, 5) is 59.5. The summed E-state index contributed by atoms with van der Waals surface area (Å²) in [5, 5.41) is 3.15. The Morgan fingerprint density at radius 1 is 0.919 bits per heavy atom. The highest BCUT2D eigenvalue weighted by Gasteiger charge is 2.52. The number of hydrogen-bond acceptors (Lipinski definition) is 11. The normalized spacial score (nSPS) is 22.8. The fourth-order valence-corrected chi connectivity index (χ4v) is 3.88. The number of amides is 1. The summed E-state index contributed by atoms with van der Waals surface area (Å²) in [6.45, 7) is 3.99. The van der Waals surface area contributed by atoms with Gasteiger partial charge in [-0.2, -0.15) is 0 Å². The third-order valence-electron chi connectivity index (χ3n) is 4.78. The van der Waals surface area contributed by atoms with Crippen LogP contribution in [0, 0.1) is 0 Å². The van der Waals surface area contributed by atoms with Crippen LogP contribution in [0.2, 0.25) is 10.0 Å². The molecular weight excluding hydrogens is 537 g/mol. The van der Waals surface area contributed by atoms with Gasteiger partial charge in [0.1, 0.15) is 24.5 Å². The molecule has 2 rings (SSSR count). The Labute approximate surface area is 222 Å². The van der Waals surface area contributed by atoms with E-state index in [-0.39, 0.29) is 18.1 Å². The molecule has 1 aliphatic heterocycles. The van der Waals surface area contributed by atoms with Crippen LogP contribution >= 0.6 is 23.2 Å². The van der Waals surface area contributed by atoms with Crippen LogP contribution in [0.3, 0.4) is 0 Å². The number of nitrogens with one attached hydrogen (secondary N) is 1. The first-order valence-electron chi connectivity index (χ1n) is 11.0. The summed E-state index contributed by atoms with van der Waals surface area (Å²) in [5.41, 5.74) is 0. The first-order valence-corrected chi connectivity index (χ1v) is 11.8. The van der Waals surface area contributed by atoms with Crippen molar-refractivity contribution in [1.82, 2.24) is 5.32 Å². The third kappa shape index (κ3) is 9.71. The second-order valence-electron chi connectivity index (χ2n) is 7.88. The standard InChI is InChI=1S/C23H27Cl2NO11/c1-11(27)26-20-22(35-14(4)30)21(34-13(3)29)18(10-33-12(2)28)36-23(20)37-19(31)7-8-32-17-6-5-15(24)9-16(17)25/h5-6,9,18,20-23H,7-8,10H2,1-4H3,(H,26,27). The van der Waals surface area contributed by atoms with Crippen LogP contribution in [0.5, 0.6) is 5.75 Å². The van der Waals surface area contributed by atoms with Gasteiger partial charge in [-0.3, -0.25) is 24.0 Å². The van der Waals surface area contributed by atoms with E-state index in [1.165, 1.54) is 19.1 Å². The second-order valence-corrected chi connectivity index (χ2v) is 8.73. The van der Waals surface area contributed by atoms with Gasteiger partial charge in [-0.15, -0.1) is 0 Å². The molecule has 0 bridgehead atoms. The molecule has 1 fully saturated rings. The van der Waals surface area contributed by atoms with Crippen molar-refractivity contribution in [3.63, 3.8) is 0 Å². The van der Waals surface area contributed by atoms with E-state index in [1.54, 1.807) is 6.07 Å². The minimum absolute atomic E-state index is 0.127.